The summed E-state index contributed by atoms with van der Waals surface area (Å²) in [5.41, 5.74) is 2.58. The number of phenolic OH excluding ortho intramolecular Hbond substituents is 2. The highest BCUT2D eigenvalue weighted by Gasteiger charge is 2.09. The Kier molecular flexibility index (Phi) is 4.45. The van der Waals surface area contributed by atoms with Crippen LogP contribution in [0.1, 0.15) is 31.7 Å². The molecule has 0 unspecified atom stereocenters. The molecule has 2 rings (SSSR count). The minimum atomic E-state index is 0.198. The second-order valence-electron chi connectivity index (χ2n) is 4.83. The quantitative estimate of drug-likeness (QED) is 0.773. The summed E-state index contributed by atoms with van der Waals surface area (Å²) in [7, 11) is 0. The molecular weight excluding hydrogens is 236 g/mol. The molecule has 0 saturated heterocycles. The molecule has 0 radical (unpaired) electrons. The molecule has 19 heavy (non-hydrogen) atoms. The summed E-state index contributed by atoms with van der Waals surface area (Å²) < 4.78 is 0. The molecule has 0 amide bonds. The van der Waals surface area contributed by atoms with Crippen LogP contribution in [0.4, 0.5) is 0 Å². The van der Waals surface area contributed by atoms with Crippen LogP contribution in [0, 0.1) is 0 Å². The van der Waals surface area contributed by atoms with E-state index in [9.17, 15) is 10.2 Å². The Morgan fingerprint density at radius 3 is 2.32 bits per heavy atom. The van der Waals surface area contributed by atoms with Gasteiger partial charge < -0.3 is 10.2 Å². The average molecular weight is 256 g/mol. The van der Waals surface area contributed by atoms with Crippen molar-refractivity contribution in [3.8, 4) is 22.6 Å². The smallest absolute Gasteiger partial charge is 0.123 e. The molecule has 100 valence electrons. The van der Waals surface area contributed by atoms with Crippen molar-refractivity contribution in [3.63, 3.8) is 0 Å². The van der Waals surface area contributed by atoms with E-state index in [2.05, 4.69) is 6.92 Å². The van der Waals surface area contributed by atoms with Crippen LogP contribution in [0.2, 0.25) is 0 Å². The standard InChI is InChI=1S/C17H20O2/c1-2-3-4-7-13-10-11-17(19)15(12-13)14-8-5-6-9-16(14)18/h5-6,8-12,18-19H,2-4,7H2,1H3. The van der Waals surface area contributed by atoms with Crippen molar-refractivity contribution in [1.29, 1.82) is 0 Å². The highest BCUT2D eigenvalue weighted by molar-refractivity contribution is 5.75. The molecule has 0 aromatic heterocycles. The number of phenols is 2. The van der Waals surface area contributed by atoms with E-state index in [0.29, 0.717) is 11.1 Å². The minimum Gasteiger partial charge on any atom is -0.507 e. The lowest BCUT2D eigenvalue weighted by molar-refractivity contribution is 0.469. The summed E-state index contributed by atoms with van der Waals surface area (Å²) in [5.74, 6) is 0.407. The van der Waals surface area contributed by atoms with E-state index in [1.165, 1.54) is 18.4 Å². The zero-order chi connectivity index (χ0) is 13.7. The van der Waals surface area contributed by atoms with Crippen LogP contribution in [0.25, 0.3) is 11.1 Å². The lowest BCUT2D eigenvalue weighted by atomic mass is 9.98. The third-order valence-electron chi connectivity index (χ3n) is 3.32. The van der Waals surface area contributed by atoms with Crippen LogP contribution in [0.3, 0.4) is 0 Å². The lowest BCUT2D eigenvalue weighted by Crippen LogP contribution is -1.88. The monoisotopic (exact) mass is 256 g/mol. The summed E-state index contributed by atoms with van der Waals surface area (Å²) in [4.78, 5) is 0. The Morgan fingerprint density at radius 1 is 0.842 bits per heavy atom. The van der Waals surface area contributed by atoms with Gasteiger partial charge in [-0.25, -0.2) is 0 Å². The van der Waals surface area contributed by atoms with E-state index in [1.807, 2.05) is 24.3 Å². The first-order chi connectivity index (χ1) is 9.22. The van der Waals surface area contributed by atoms with E-state index < -0.39 is 0 Å². The van der Waals surface area contributed by atoms with Crippen LogP contribution in [-0.4, -0.2) is 10.2 Å². The van der Waals surface area contributed by atoms with E-state index in [-0.39, 0.29) is 11.5 Å². The van der Waals surface area contributed by atoms with Gasteiger partial charge in [0.15, 0.2) is 0 Å². The summed E-state index contributed by atoms with van der Waals surface area (Å²) >= 11 is 0. The fraction of sp³-hybridized carbons (Fsp3) is 0.294. The zero-order valence-electron chi connectivity index (χ0n) is 11.3. The topological polar surface area (TPSA) is 40.5 Å². The molecule has 0 bridgehead atoms. The number of benzene rings is 2. The van der Waals surface area contributed by atoms with Gasteiger partial charge in [-0.3, -0.25) is 0 Å². The molecule has 0 aliphatic heterocycles. The SMILES string of the molecule is CCCCCc1ccc(O)c(-c2ccccc2O)c1. The van der Waals surface area contributed by atoms with Crippen LogP contribution >= 0.6 is 0 Å². The van der Waals surface area contributed by atoms with Crippen LogP contribution in [0.15, 0.2) is 42.5 Å². The first-order valence-electron chi connectivity index (χ1n) is 6.82. The number of hydrogen-bond donors (Lipinski definition) is 2. The molecule has 0 spiro atoms. The van der Waals surface area contributed by atoms with Crippen molar-refractivity contribution in [2.75, 3.05) is 0 Å². The zero-order valence-corrected chi connectivity index (χ0v) is 11.3. The van der Waals surface area contributed by atoms with E-state index >= 15 is 0 Å². The Labute approximate surface area is 114 Å². The highest BCUT2D eigenvalue weighted by atomic mass is 16.3. The molecule has 0 heterocycles. The maximum atomic E-state index is 9.97. The van der Waals surface area contributed by atoms with Gasteiger partial charge in [0.2, 0.25) is 0 Å². The number of unbranched alkanes of at least 4 members (excludes halogenated alkanes) is 2. The molecular formula is C17H20O2. The van der Waals surface area contributed by atoms with Crippen molar-refractivity contribution in [2.45, 2.75) is 32.6 Å². The molecule has 2 aromatic rings. The average Bonchev–Trinajstić information content (AvgIpc) is 2.42. The van der Waals surface area contributed by atoms with Gasteiger partial charge in [-0.1, -0.05) is 44.0 Å². The van der Waals surface area contributed by atoms with E-state index in [4.69, 9.17) is 0 Å². The Balaban J connectivity index is 2.30. The molecule has 0 aliphatic carbocycles. The highest BCUT2D eigenvalue weighted by Crippen LogP contribution is 2.35. The van der Waals surface area contributed by atoms with E-state index in [0.717, 1.165) is 12.8 Å². The summed E-state index contributed by atoms with van der Waals surface area (Å²) in [6.45, 7) is 2.18. The van der Waals surface area contributed by atoms with Crippen molar-refractivity contribution >= 4 is 0 Å². The van der Waals surface area contributed by atoms with Gasteiger partial charge in [0, 0.05) is 11.1 Å². The fourth-order valence-corrected chi connectivity index (χ4v) is 2.23. The minimum absolute atomic E-state index is 0.198. The summed E-state index contributed by atoms with van der Waals surface area (Å²) in [6, 6.07) is 12.7. The molecule has 2 nitrogen and oxygen atoms in total. The first-order valence-corrected chi connectivity index (χ1v) is 6.82. The molecule has 0 atom stereocenters. The number of hydrogen-bond acceptors (Lipinski definition) is 2. The number of aryl methyl sites for hydroxylation is 1. The van der Waals surface area contributed by atoms with Crippen LogP contribution in [-0.2, 0) is 6.42 Å². The number of para-hydroxylation sites is 1. The van der Waals surface area contributed by atoms with Gasteiger partial charge in [0.25, 0.3) is 0 Å². The van der Waals surface area contributed by atoms with Gasteiger partial charge in [0.1, 0.15) is 11.5 Å². The van der Waals surface area contributed by atoms with Gasteiger partial charge >= 0.3 is 0 Å². The van der Waals surface area contributed by atoms with Crippen molar-refractivity contribution in [3.05, 3.63) is 48.0 Å². The molecule has 0 saturated carbocycles. The molecule has 0 fully saturated rings. The predicted molar refractivity (Wildman–Crippen MR) is 78.4 cm³/mol. The Morgan fingerprint density at radius 2 is 1.58 bits per heavy atom. The predicted octanol–water partition coefficient (Wildman–Crippen LogP) is 4.50. The number of aromatic hydroxyl groups is 2. The second-order valence-corrected chi connectivity index (χ2v) is 4.83. The molecule has 2 heteroatoms. The maximum Gasteiger partial charge on any atom is 0.123 e. The Hall–Kier alpha value is -1.96. The maximum absolute atomic E-state index is 9.97. The van der Waals surface area contributed by atoms with Crippen LogP contribution < -0.4 is 0 Å². The van der Waals surface area contributed by atoms with Crippen molar-refractivity contribution < 1.29 is 10.2 Å². The lowest BCUT2D eigenvalue weighted by Gasteiger charge is -2.09. The number of rotatable bonds is 5. The van der Waals surface area contributed by atoms with Crippen molar-refractivity contribution in [2.24, 2.45) is 0 Å². The van der Waals surface area contributed by atoms with Gasteiger partial charge in [-0.2, -0.15) is 0 Å². The third-order valence-corrected chi connectivity index (χ3v) is 3.32. The summed E-state index contributed by atoms with van der Waals surface area (Å²) in [6.07, 6.45) is 4.58. The van der Waals surface area contributed by atoms with Gasteiger partial charge in [-0.05, 0) is 36.6 Å². The molecule has 0 aliphatic rings. The largest absolute Gasteiger partial charge is 0.507 e. The molecule has 2 aromatic carbocycles. The first kappa shape index (κ1) is 13.5. The van der Waals surface area contributed by atoms with Crippen LogP contribution in [0.5, 0.6) is 11.5 Å². The van der Waals surface area contributed by atoms with Gasteiger partial charge in [-0.15, -0.1) is 0 Å². The van der Waals surface area contributed by atoms with E-state index in [1.54, 1.807) is 18.2 Å². The van der Waals surface area contributed by atoms with Gasteiger partial charge in [0.05, 0.1) is 0 Å². The molecule has 2 N–H and O–H groups in total. The normalized spacial score (nSPS) is 10.6. The Bertz CT molecular complexity index is 547. The third kappa shape index (κ3) is 3.28. The van der Waals surface area contributed by atoms with Crippen molar-refractivity contribution in [1.82, 2.24) is 0 Å². The summed E-state index contributed by atoms with van der Waals surface area (Å²) in [5, 5.41) is 19.9. The fourth-order valence-electron chi connectivity index (χ4n) is 2.23. The second kappa shape index (κ2) is 6.28.